The van der Waals surface area contributed by atoms with Crippen LogP contribution in [-0.4, -0.2) is 25.7 Å². The highest BCUT2D eigenvalue weighted by molar-refractivity contribution is 5.87. The maximum Gasteiger partial charge on any atom is 0.145 e. The Bertz CT molecular complexity index is 1000. The summed E-state index contributed by atoms with van der Waals surface area (Å²) in [7, 11) is 0. The summed E-state index contributed by atoms with van der Waals surface area (Å²) in [5.41, 5.74) is 1.54. The van der Waals surface area contributed by atoms with Gasteiger partial charge in [0, 0.05) is 11.8 Å². The number of anilines is 1. The standard InChI is InChI=1S/C21H24F2N4O/c1-3-12(2)18(28)10-27-9-8-14-20(24-11-25-21(14)27)26-17-7-4-13-15(22)5-6-16(23)19(13)17/h5-6,8-9,11-12,17-18,28H,3-4,7,10H2,1-2H3,(H,24,25,26)/t12-,17+,18+/m1/s1. The minimum atomic E-state index is -0.467. The minimum absolute atomic E-state index is 0.185. The Morgan fingerprint density at radius 2 is 2.04 bits per heavy atom. The van der Waals surface area contributed by atoms with Crippen LogP contribution in [0.3, 0.4) is 0 Å². The van der Waals surface area contributed by atoms with Gasteiger partial charge in [-0.1, -0.05) is 20.3 Å². The third-order valence-corrected chi connectivity index (χ3v) is 5.83. The van der Waals surface area contributed by atoms with Crippen LogP contribution in [0.5, 0.6) is 0 Å². The molecule has 5 nitrogen and oxygen atoms in total. The zero-order chi connectivity index (χ0) is 19.8. The number of hydrogen-bond acceptors (Lipinski definition) is 4. The molecule has 0 unspecified atom stereocenters. The molecule has 2 aromatic heterocycles. The number of nitrogens with one attached hydrogen (secondary N) is 1. The lowest BCUT2D eigenvalue weighted by molar-refractivity contribution is 0.0977. The number of rotatable bonds is 6. The lowest BCUT2D eigenvalue weighted by Crippen LogP contribution is -2.23. The van der Waals surface area contributed by atoms with E-state index >= 15 is 0 Å². The molecule has 0 radical (unpaired) electrons. The summed E-state index contributed by atoms with van der Waals surface area (Å²) in [6.07, 6.45) is 4.85. The Labute approximate surface area is 162 Å². The van der Waals surface area contributed by atoms with Gasteiger partial charge in [0.05, 0.1) is 24.1 Å². The second-order valence-electron chi connectivity index (χ2n) is 7.54. The molecule has 0 fully saturated rings. The number of aromatic nitrogens is 3. The normalized spacial score (nSPS) is 18.2. The fourth-order valence-corrected chi connectivity index (χ4v) is 3.90. The second kappa shape index (κ2) is 7.47. The monoisotopic (exact) mass is 386 g/mol. The second-order valence-corrected chi connectivity index (χ2v) is 7.54. The van der Waals surface area contributed by atoms with Gasteiger partial charge < -0.3 is 15.0 Å². The molecule has 3 atom stereocenters. The Balaban J connectivity index is 1.63. The third-order valence-electron chi connectivity index (χ3n) is 5.83. The largest absolute Gasteiger partial charge is 0.391 e. The molecule has 0 amide bonds. The van der Waals surface area contributed by atoms with Gasteiger partial charge in [-0.2, -0.15) is 0 Å². The Hall–Kier alpha value is -2.54. The number of aliphatic hydroxyl groups is 1. The third kappa shape index (κ3) is 3.24. The van der Waals surface area contributed by atoms with Gasteiger partial charge in [0.15, 0.2) is 0 Å². The van der Waals surface area contributed by atoms with Crippen molar-refractivity contribution in [2.24, 2.45) is 5.92 Å². The topological polar surface area (TPSA) is 63.0 Å². The van der Waals surface area contributed by atoms with E-state index in [4.69, 9.17) is 0 Å². The number of hydrogen-bond donors (Lipinski definition) is 2. The molecule has 3 aromatic rings. The van der Waals surface area contributed by atoms with Gasteiger partial charge in [-0.05, 0) is 42.5 Å². The molecule has 0 spiro atoms. The number of halogens is 2. The number of aliphatic hydroxyl groups excluding tert-OH is 1. The maximum atomic E-state index is 14.3. The number of nitrogens with zero attached hydrogens (tertiary/aromatic N) is 3. The van der Waals surface area contributed by atoms with Gasteiger partial charge in [0.1, 0.15) is 29.4 Å². The van der Waals surface area contributed by atoms with E-state index in [-0.39, 0.29) is 17.8 Å². The van der Waals surface area contributed by atoms with E-state index in [9.17, 15) is 13.9 Å². The molecule has 148 valence electrons. The molecular weight excluding hydrogens is 362 g/mol. The van der Waals surface area contributed by atoms with Crippen molar-refractivity contribution in [3.8, 4) is 0 Å². The molecule has 4 rings (SSSR count). The van der Waals surface area contributed by atoms with Crippen LogP contribution in [0.2, 0.25) is 0 Å². The van der Waals surface area contributed by atoms with Crippen LogP contribution in [0.1, 0.15) is 43.9 Å². The first kappa shape index (κ1) is 18.8. The summed E-state index contributed by atoms with van der Waals surface area (Å²) >= 11 is 0. The molecule has 2 heterocycles. The van der Waals surface area contributed by atoms with Crippen LogP contribution >= 0.6 is 0 Å². The van der Waals surface area contributed by atoms with E-state index in [2.05, 4.69) is 15.3 Å². The molecule has 1 aliphatic carbocycles. The van der Waals surface area contributed by atoms with Crippen LogP contribution in [0.4, 0.5) is 14.6 Å². The molecule has 7 heteroatoms. The number of fused-ring (bicyclic) bond motifs is 2. The van der Waals surface area contributed by atoms with Gasteiger partial charge in [0.2, 0.25) is 0 Å². The van der Waals surface area contributed by atoms with Crippen molar-refractivity contribution in [1.82, 2.24) is 14.5 Å². The molecule has 0 saturated carbocycles. The van der Waals surface area contributed by atoms with E-state index in [0.29, 0.717) is 42.0 Å². The van der Waals surface area contributed by atoms with Crippen LogP contribution in [0.25, 0.3) is 11.0 Å². The SMILES string of the molecule is CC[C@@H](C)[C@@H](O)Cn1ccc2c(N[C@H]3CCc4c(F)ccc(F)c43)ncnc21. The van der Waals surface area contributed by atoms with Crippen LogP contribution in [-0.2, 0) is 13.0 Å². The fraction of sp³-hybridized carbons (Fsp3) is 0.429. The first-order valence-electron chi connectivity index (χ1n) is 9.70. The summed E-state index contributed by atoms with van der Waals surface area (Å²) < 4.78 is 30.2. The zero-order valence-corrected chi connectivity index (χ0v) is 16.0. The van der Waals surface area contributed by atoms with Gasteiger partial charge in [0.25, 0.3) is 0 Å². The average Bonchev–Trinajstić information content (AvgIpc) is 3.30. The lowest BCUT2D eigenvalue weighted by Gasteiger charge is -2.18. The van der Waals surface area contributed by atoms with Crippen LogP contribution < -0.4 is 5.32 Å². The van der Waals surface area contributed by atoms with E-state index in [1.54, 1.807) is 0 Å². The van der Waals surface area contributed by atoms with Crippen molar-refractivity contribution >= 4 is 16.9 Å². The molecule has 0 bridgehead atoms. The van der Waals surface area contributed by atoms with Crippen molar-refractivity contribution in [3.63, 3.8) is 0 Å². The van der Waals surface area contributed by atoms with Crippen molar-refractivity contribution in [1.29, 1.82) is 0 Å². The van der Waals surface area contributed by atoms with Crippen molar-refractivity contribution in [2.45, 2.75) is 51.8 Å². The van der Waals surface area contributed by atoms with Crippen molar-refractivity contribution < 1.29 is 13.9 Å². The Morgan fingerprint density at radius 1 is 1.25 bits per heavy atom. The predicted octanol–water partition coefficient (Wildman–Crippen LogP) is 4.22. The highest BCUT2D eigenvalue weighted by atomic mass is 19.1. The first-order chi connectivity index (χ1) is 13.5. The molecule has 1 aliphatic rings. The maximum absolute atomic E-state index is 14.3. The summed E-state index contributed by atoms with van der Waals surface area (Å²) in [4.78, 5) is 8.68. The number of benzene rings is 1. The lowest BCUT2D eigenvalue weighted by atomic mass is 10.0. The van der Waals surface area contributed by atoms with E-state index in [0.717, 1.165) is 11.8 Å². The highest BCUT2D eigenvalue weighted by Gasteiger charge is 2.29. The highest BCUT2D eigenvalue weighted by Crippen LogP contribution is 2.37. The predicted molar refractivity (Wildman–Crippen MR) is 104 cm³/mol. The molecule has 0 saturated heterocycles. The zero-order valence-electron chi connectivity index (χ0n) is 16.0. The summed E-state index contributed by atoms with van der Waals surface area (Å²) in [5, 5.41) is 14.4. The fourth-order valence-electron chi connectivity index (χ4n) is 3.90. The molecule has 0 aliphatic heterocycles. The van der Waals surface area contributed by atoms with Crippen molar-refractivity contribution in [2.75, 3.05) is 5.32 Å². The average molecular weight is 386 g/mol. The Kier molecular flexibility index (Phi) is 5.02. The smallest absolute Gasteiger partial charge is 0.145 e. The quantitative estimate of drug-likeness (QED) is 0.666. The summed E-state index contributed by atoms with van der Waals surface area (Å²) in [6, 6.07) is 3.91. The van der Waals surface area contributed by atoms with E-state index in [1.807, 2.05) is 30.7 Å². The molecule has 28 heavy (non-hydrogen) atoms. The Morgan fingerprint density at radius 3 is 2.82 bits per heavy atom. The molecule has 1 aromatic carbocycles. The van der Waals surface area contributed by atoms with E-state index < -0.39 is 11.9 Å². The minimum Gasteiger partial charge on any atom is -0.391 e. The summed E-state index contributed by atoms with van der Waals surface area (Å²) in [5.74, 6) is 0.0118. The van der Waals surface area contributed by atoms with Crippen molar-refractivity contribution in [3.05, 3.63) is 53.5 Å². The first-order valence-corrected chi connectivity index (χ1v) is 9.70. The van der Waals surface area contributed by atoms with Crippen LogP contribution in [0.15, 0.2) is 30.7 Å². The molecule has 2 N–H and O–H groups in total. The van der Waals surface area contributed by atoms with Gasteiger partial charge in [-0.15, -0.1) is 0 Å². The summed E-state index contributed by atoms with van der Waals surface area (Å²) in [6.45, 7) is 4.51. The van der Waals surface area contributed by atoms with Gasteiger partial charge in [-0.25, -0.2) is 18.7 Å². The van der Waals surface area contributed by atoms with Crippen LogP contribution in [0, 0.1) is 17.6 Å². The molecular formula is C21H24F2N4O. The van der Waals surface area contributed by atoms with Gasteiger partial charge >= 0.3 is 0 Å². The van der Waals surface area contributed by atoms with E-state index in [1.165, 1.54) is 18.5 Å². The van der Waals surface area contributed by atoms with Gasteiger partial charge in [-0.3, -0.25) is 0 Å².